The van der Waals surface area contributed by atoms with E-state index >= 15 is 0 Å². The van der Waals surface area contributed by atoms with Crippen molar-refractivity contribution in [3.63, 3.8) is 0 Å². The van der Waals surface area contributed by atoms with E-state index in [1.54, 1.807) is 22.6 Å². The number of amides is 2. The second-order valence-corrected chi connectivity index (χ2v) is 7.69. The van der Waals surface area contributed by atoms with Gasteiger partial charge in [0.05, 0.1) is 7.11 Å². The van der Waals surface area contributed by atoms with Crippen molar-refractivity contribution in [1.82, 2.24) is 14.8 Å². The van der Waals surface area contributed by atoms with E-state index in [0.29, 0.717) is 25.1 Å². The largest absolute Gasteiger partial charge is 0.497 e. The second kappa shape index (κ2) is 10.6. The maximum Gasteiger partial charge on any atom is 0.267 e. The number of carbonyl (C=O) groups is 2. The number of rotatable bonds is 9. The molecule has 0 saturated heterocycles. The fraction of sp³-hybridized carbons (Fsp3) is 0.280. The Labute approximate surface area is 187 Å². The van der Waals surface area contributed by atoms with Gasteiger partial charge in [-0.25, -0.2) is 4.39 Å². The predicted octanol–water partition coefficient (Wildman–Crippen LogP) is 3.68. The number of nitrogens with zero attached hydrogens (tertiary/aromatic N) is 2. The molecule has 1 aromatic heterocycles. The fourth-order valence-electron chi connectivity index (χ4n) is 3.63. The SMILES string of the molecule is COc1cc(F)cc(C(=O)N(C)[C@H](CCNC(=O)c2cccn2C)Cc2ccccc2)c1. The second-order valence-electron chi connectivity index (χ2n) is 7.69. The first-order valence-electron chi connectivity index (χ1n) is 10.4. The van der Waals surface area contributed by atoms with Crippen LogP contribution < -0.4 is 10.1 Å². The molecule has 0 bridgehead atoms. The van der Waals surface area contributed by atoms with E-state index < -0.39 is 5.82 Å². The Kier molecular flexibility index (Phi) is 7.65. The molecule has 1 N–H and O–H groups in total. The summed E-state index contributed by atoms with van der Waals surface area (Å²) in [6, 6.07) is 17.2. The molecule has 2 aromatic carbocycles. The number of benzene rings is 2. The first-order chi connectivity index (χ1) is 15.4. The van der Waals surface area contributed by atoms with Gasteiger partial charge in [-0.1, -0.05) is 30.3 Å². The Bertz CT molecular complexity index is 1070. The molecular weight excluding hydrogens is 409 g/mol. The molecule has 0 aliphatic carbocycles. The standard InChI is InChI=1S/C25H28FN3O3/c1-28-13-7-10-23(28)24(30)27-12-11-21(14-18-8-5-4-6-9-18)29(2)25(31)19-15-20(26)17-22(16-19)32-3/h4-10,13,15-17,21H,11-12,14H2,1-3H3,(H,27,30)/t21-/m1/s1. The first kappa shape index (κ1) is 23.1. The molecule has 0 spiro atoms. The summed E-state index contributed by atoms with van der Waals surface area (Å²) in [5.74, 6) is -0.718. The van der Waals surface area contributed by atoms with Gasteiger partial charge in [0.15, 0.2) is 0 Å². The maximum absolute atomic E-state index is 13.9. The van der Waals surface area contributed by atoms with Crippen molar-refractivity contribution < 1.29 is 18.7 Å². The van der Waals surface area contributed by atoms with Crippen LogP contribution in [-0.2, 0) is 13.5 Å². The van der Waals surface area contributed by atoms with Crippen molar-refractivity contribution in [1.29, 1.82) is 0 Å². The highest BCUT2D eigenvalue weighted by molar-refractivity contribution is 5.95. The predicted molar refractivity (Wildman–Crippen MR) is 121 cm³/mol. The van der Waals surface area contributed by atoms with Crippen molar-refractivity contribution in [3.05, 3.63) is 89.5 Å². The molecule has 2 amide bonds. The molecule has 0 unspecified atom stereocenters. The number of hydrogen-bond acceptors (Lipinski definition) is 3. The Morgan fingerprint density at radius 1 is 1.12 bits per heavy atom. The Morgan fingerprint density at radius 2 is 1.88 bits per heavy atom. The molecule has 168 valence electrons. The van der Waals surface area contributed by atoms with Crippen molar-refractivity contribution in [3.8, 4) is 5.75 Å². The number of ether oxygens (including phenoxy) is 1. The van der Waals surface area contributed by atoms with Gasteiger partial charge in [0.1, 0.15) is 17.3 Å². The fourth-order valence-corrected chi connectivity index (χ4v) is 3.63. The highest BCUT2D eigenvalue weighted by Gasteiger charge is 2.23. The number of carbonyl (C=O) groups excluding carboxylic acids is 2. The summed E-state index contributed by atoms with van der Waals surface area (Å²) >= 11 is 0. The van der Waals surface area contributed by atoms with Crippen molar-refractivity contribution in [2.45, 2.75) is 18.9 Å². The number of halogens is 1. The van der Waals surface area contributed by atoms with E-state index in [4.69, 9.17) is 4.74 Å². The van der Waals surface area contributed by atoms with Gasteiger partial charge < -0.3 is 19.5 Å². The Morgan fingerprint density at radius 3 is 2.53 bits per heavy atom. The molecule has 0 aliphatic heterocycles. The minimum absolute atomic E-state index is 0.167. The number of aryl methyl sites for hydroxylation is 1. The average Bonchev–Trinajstić information content (AvgIpc) is 3.23. The lowest BCUT2D eigenvalue weighted by atomic mass is 10.0. The van der Waals surface area contributed by atoms with Gasteiger partial charge in [-0.3, -0.25) is 9.59 Å². The Hall–Kier alpha value is -3.61. The molecule has 1 atom stereocenters. The van der Waals surface area contributed by atoms with Crippen LogP contribution in [0.4, 0.5) is 4.39 Å². The van der Waals surface area contributed by atoms with Gasteiger partial charge in [0, 0.05) is 44.5 Å². The summed E-state index contributed by atoms with van der Waals surface area (Å²) in [6.07, 6.45) is 2.96. The lowest BCUT2D eigenvalue weighted by Gasteiger charge is -2.29. The number of hydrogen-bond donors (Lipinski definition) is 1. The molecule has 0 aliphatic rings. The summed E-state index contributed by atoms with van der Waals surface area (Å²) in [7, 11) is 4.94. The van der Waals surface area contributed by atoms with E-state index in [-0.39, 0.29) is 29.2 Å². The minimum atomic E-state index is -0.532. The lowest BCUT2D eigenvalue weighted by Crippen LogP contribution is -2.41. The van der Waals surface area contributed by atoms with E-state index in [9.17, 15) is 14.0 Å². The zero-order chi connectivity index (χ0) is 23.1. The van der Waals surface area contributed by atoms with Crippen LogP contribution in [0.5, 0.6) is 5.75 Å². The molecule has 6 nitrogen and oxygen atoms in total. The van der Waals surface area contributed by atoms with Gasteiger partial charge in [-0.05, 0) is 42.7 Å². The van der Waals surface area contributed by atoms with Crippen LogP contribution in [0.3, 0.4) is 0 Å². The Balaban J connectivity index is 1.74. The van der Waals surface area contributed by atoms with Gasteiger partial charge in [-0.2, -0.15) is 0 Å². The lowest BCUT2D eigenvalue weighted by molar-refractivity contribution is 0.0722. The maximum atomic E-state index is 13.9. The zero-order valence-electron chi connectivity index (χ0n) is 18.5. The van der Waals surface area contributed by atoms with Crippen LogP contribution >= 0.6 is 0 Å². The third kappa shape index (κ3) is 5.75. The number of nitrogens with one attached hydrogen (secondary N) is 1. The average molecular weight is 438 g/mol. The van der Waals surface area contributed by atoms with E-state index in [0.717, 1.165) is 5.56 Å². The van der Waals surface area contributed by atoms with Crippen LogP contribution in [0.25, 0.3) is 0 Å². The molecule has 0 saturated carbocycles. The third-order valence-corrected chi connectivity index (χ3v) is 5.48. The van der Waals surface area contributed by atoms with Crippen molar-refractivity contribution in [2.75, 3.05) is 20.7 Å². The van der Waals surface area contributed by atoms with E-state index in [1.165, 1.54) is 25.3 Å². The molecule has 3 rings (SSSR count). The molecular formula is C25H28FN3O3. The van der Waals surface area contributed by atoms with Crippen LogP contribution in [0.15, 0.2) is 66.9 Å². The highest BCUT2D eigenvalue weighted by atomic mass is 19.1. The summed E-state index contributed by atoms with van der Waals surface area (Å²) < 4.78 is 20.8. The summed E-state index contributed by atoms with van der Waals surface area (Å²) in [6.45, 7) is 0.394. The van der Waals surface area contributed by atoms with Crippen LogP contribution in [-0.4, -0.2) is 48.0 Å². The van der Waals surface area contributed by atoms with Gasteiger partial charge in [-0.15, -0.1) is 0 Å². The monoisotopic (exact) mass is 437 g/mol. The molecule has 3 aromatic rings. The number of aromatic nitrogens is 1. The molecule has 0 fully saturated rings. The minimum Gasteiger partial charge on any atom is -0.497 e. The molecule has 0 radical (unpaired) electrons. The first-order valence-corrected chi connectivity index (χ1v) is 10.4. The van der Waals surface area contributed by atoms with Gasteiger partial charge >= 0.3 is 0 Å². The zero-order valence-corrected chi connectivity index (χ0v) is 18.5. The van der Waals surface area contributed by atoms with Crippen molar-refractivity contribution in [2.24, 2.45) is 7.05 Å². The summed E-state index contributed by atoms with van der Waals surface area (Å²) in [4.78, 5) is 27.2. The van der Waals surface area contributed by atoms with Crippen LogP contribution in [0.1, 0.15) is 32.8 Å². The number of methoxy groups -OCH3 is 1. The van der Waals surface area contributed by atoms with Gasteiger partial charge in [0.25, 0.3) is 11.8 Å². The summed E-state index contributed by atoms with van der Waals surface area (Å²) in [5, 5.41) is 2.93. The highest BCUT2D eigenvalue weighted by Crippen LogP contribution is 2.20. The molecule has 7 heteroatoms. The van der Waals surface area contributed by atoms with Crippen LogP contribution in [0, 0.1) is 5.82 Å². The molecule has 1 heterocycles. The number of likely N-dealkylation sites (N-methyl/N-ethyl adjacent to an activating group) is 1. The van der Waals surface area contributed by atoms with E-state index in [2.05, 4.69) is 5.32 Å². The normalized spacial score (nSPS) is 11.6. The van der Waals surface area contributed by atoms with Crippen molar-refractivity contribution >= 4 is 11.8 Å². The van der Waals surface area contributed by atoms with E-state index in [1.807, 2.05) is 49.6 Å². The third-order valence-electron chi connectivity index (χ3n) is 5.48. The van der Waals surface area contributed by atoms with Crippen LogP contribution in [0.2, 0.25) is 0 Å². The summed E-state index contributed by atoms with van der Waals surface area (Å²) in [5.41, 5.74) is 1.86. The van der Waals surface area contributed by atoms with Gasteiger partial charge in [0.2, 0.25) is 0 Å². The quantitative estimate of drug-likeness (QED) is 0.556. The topological polar surface area (TPSA) is 63.6 Å². The molecule has 32 heavy (non-hydrogen) atoms. The smallest absolute Gasteiger partial charge is 0.267 e.